The van der Waals surface area contributed by atoms with E-state index in [0.717, 1.165) is 17.0 Å². The molecule has 18 heavy (non-hydrogen) atoms. The van der Waals surface area contributed by atoms with Crippen LogP contribution in [0.25, 0.3) is 5.65 Å². The number of H-pyrrole nitrogens is 1. The van der Waals surface area contributed by atoms with Gasteiger partial charge in [0.15, 0.2) is 12.4 Å². The molecule has 92 valence electrons. The summed E-state index contributed by atoms with van der Waals surface area (Å²) in [6.45, 7) is 0.554. The number of fused-ring (bicyclic) bond motifs is 1. The zero-order chi connectivity index (χ0) is 11.5. The van der Waals surface area contributed by atoms with Crippen molar-refractivity contribution in [2.45, 2.75) is 6.61 Å². The van der Waals surface area contributed by atoms with Crippen LogP contribution in [-0.2, 0) is 6.61 Å². The molecule has 0 bridgehead atoms. The zero-order valence-corrected chi connectivity index (χ0v) is 9.65. The lowest BCUT2D eigenvalue weighted by Crippen LogP contribution is -2.01. The minimum Gasteiger partial charge on any atom is -0.870 e. The summed E-state index contributed by atoms with van der Waals surface area (Å²) in [6.07, 6.45) is 9.42. The molecule has 5 nitrogen and oxygen atoms in total. The van der Waals surface area contributed by atoms with Crippen LogP contribution in [0.5, 0.6) is 5.75 Å². The SMILES string of the molecule is [OH-].c1cn2cc(COc3cc[nH+]cc3)ccc2n1. The van der Waals surface area contributed by atoms with Crippen molar-refractivity contribution in [1.82, 2.24) is 9.38 Å². The number of hydrogen-bond acceptors (Lipinski definition) is 3. The van der Waals surface area contributed by atoms with Crippen LogP contribution >= 0.6 is 0 Å². The smallest absolute Gasteiger partial charge is 0.170 e. The van der Waals surface area contributed by atoms with Gasteiger partial charge in [0.2, 0.25) is 0 Å². The van der Waals surface area contributed by atoms with Crippen LogP contribution in [0.1, 0.15) is 5.56 Å². The molecule has 0 aliphatic rings. The molecule has 0 amide bonds. The molecular formula is C13H13N3O2. The van der Waals surface area contributed by atoms with Gasteiger partial charge in [-0.1, -0.05) is 6.07 Å². The van der Waals surface area contributed by atoms with Gasteiger partial charge in [0.1, 0.15) is 18.0 Å². The van der Waals surface area contributed by atoms with Crippen LogP contribution in [-0.4, -0.2) is 14.9 Å². The van der Waals surface area contributed by atoms with Crippen molar-refractivity contribution in [3.63, 3.8) is 0 Å². The second-order valence-corrected chi connectivity index (χ2v) is 3.75. The van der Waals surface area contributed by atoms with E-state index >= 15 is 0 Å². The minimum atomic E-state index is 0. The third kappa shape index (κ3) is 2.46. The molecule has 2 N–H and O–H groups in total. The van der Waals surface area contributed by atoms with Crippen molar-refractivity contribution in [2.24, 2.45) is 0 Å². The summed E-state index contributed by atoms with van der Waals surface area (Å²) in [7, 11) is 0. The lowest BCUT2D eigenvalue weighted by Gasteiger charge is -2.05. The molecule has 0 unspecified atom stereocenters. The standard InChI is InChI=1S/C13H11N3O.H2O/c1-2-13-15-7-8-16(13)9-11(1)10-17-12-3-5-14-6-4-12;/h1-9H,10H2;1H2. The Hall–Kier alpha value is -2.40. The van der Waals surface area contributed by atoms with Gasteiger partial charge in [-0.3, -0.25) is 0 Å². The molecule has 0 atom stereocenters. The predicted molar refractivity (Wildman–Crippen MR) is 64.5 cm³/mol. The zero-order valence-electron chi connectivity index (χ0n) is 9.65. The number of pyridine rings is 2. The van der Waals surface area contributed by atoms with E-state index in [1.807, 2.05) is 53.5 Å². The molecule has 0 fully saturated rings. The minimum absolute atomic E-state index is 0. The lowest BCUT2D eigenvalue weighted by atomic mass is 10.3. The number of rotatable bonds is 3. The first-order chi connectivity index (χ1) is 8.42. The topological polar surface area (TPSA) is 70.7 Å². The summed E-state index contributed by atoms with van der Waals surface area (Å²) in [5.41, 5.74) is 2.06. The fourth-order valence-corrected chi connectivity index (χ4v) is 1.69. The van der Waals surface area contributed by atoms with Crippen LogP contribution in [0.4, 0.5) is 0 Å². The van der Waals surface area contributed by atoms with E-state index in [-0.39, 0.29) is 5.48 Å². The van der Waals surface area contributed by atoms with Crippen LogP contribution < -0.4 is 9.72 Å². The second kappa shape index (κ2) is 5.29. The van der Waals surface area contributed by atoms with Crippen molar-refractivity contribution in [2.75, 3.05) is 0 Å². The van der Waals surface area contributed by atoms with Gasteiger partial charge in [-0.05, 0) is 6.07 Å². The van der Waals surface area contributed by atoms with E-state index in [1.54, 1.807) is 6.20 Å². The Balaban J connectivity index is 0.00000120. The molecule has 0 saturated heterocycles. The molecule has 0 aliphatic carbocycles. The van der Waals surface area contributed by atoms with Crippen molar-refractivity contribution in [3.05, 3.63) is 60.8 Å². The van der Waals surface area contributed by atoms with E-state index in [1.165, 1.54) is 0 Å². The highest BCUT2D eigenvalue weighted by molar-refractivity contribution is 5.39. The van der Waals surface area contributed by atoms with Gasteiger partial charge in [0.25, 0.3) is 0 Å². The molecule has 0 radical (unpaired) electrons. The maximum atomic E-state index is 5.66. The third-order valence-corrected chi connectivity index (χ3v) is 2.54. The lowest BCUT2D eigenvalue weighted by molar-refractivity contribution is -0.378. The highest BCUT2D eigenvalue weighted by Crippen LogP contribution is 2.10. The Morgan fingerprint density at radius 3 is 2.83 bits per heavy atom. The summed E-state index contributed by atoms with van der Waals surface area (Å²) in [5, 5.41) is 0. The monoisotopic (exact) mass is 243 g/mol. The maximum Gasteiger partial charge on any atom is 0.170 e. The quantitative estimate of drug-likeness (QED) is 0.700. The second-order valence-electron chi connectivity index (χ2n) is 3.75. The van der Waals surface area contributed by atoms with E-state index in [2.05, 4.69) is 9.97 Å². The van der Waals surface area contributed by atoms with Gasteiger partial charge in [-0.25, -0.2) is 9.97 Å². The summed E-state index contributed by atoms with van der Waals surface area (Å²) < 4.78 is 7.65. The number of hydrogen-bond donors (Lipinski definition) is 0. The fourth-order valence-electron chi connectivity index (χ4n) is 1.69. The van der Waals surface area contributed by atoms with Crippen molar-refractivity contribution < 1.29 is 15.2 Å². The Labute approximate surface area is 104 Å². The molecule has 3 rings (SSSR count). The summed E-state index contributed by atoms with van der Waals surface area (Å²) >= 11 is 0. The number of aromatic nitrogens is 3. The third-order valence-electron chi connectivity index (χ3n) is 2.54. The maximum absolute atomic E-state index is 5.66. The molecule has 3 heterocycles. The van der Waals surface area contributed by atoms with E-state index in [4.69, 9.17) is 4.74 Å². The fraction of sp³-hybridized carbons (Fsp3) is 0.0769. The molecule has 0 aliphatic heterocycles. The van der Waals surface area contributed by atoms with Crippen LogP contribution in [0.2, 0.25) is 0 Å². The van der Waals surface area contributed by atoms with E-state index in [9.17, 15) is 0 Å². The van der Waals surface area contributed by atoms with E-state index in [0.29, 0.717) is 6.61 Å². The highest BCUT2D eigenvalue weighted by Gasteiger charge is 1.99. The van der Waals surface area contributed by atoms with Gasteiger partial charge in [0.05, 0.1) is 0 Å². The summed E-state index contributed by atoms with van der Waals surface area (Å²) in [5.74, 6) is 0.856. The Kier molecular flexibility index (Phi) is 3.54. The van der Waals surface area contributed by atoms with Gasteiger partial charge < -0.3 is 14.6 Å². The molecule has 0 spiro atoms. The van der Waals surface area contributed by atoms with Crippen LogP contribution in [0, 0.1) is 0 Å². The number of imidazole rings is 1. The van der Waals surface area contributed by atoms with E-state index < -0.39 is 0 Å². The average molecular weight is 243 g/mol. The summed E-state index contributed by atoms with van der Waals surface area (Å²) in [6, 6.07) is 7.81. The predicted octanol–water partition coefficient (Wildman–Crippen LogP) is 1.55. The van der Waals surface area contributed by atoms with Gasteiger partial charge in [0, 0.05) is 36.3 Å². The number of nitrogens with zero attached hydrogens (tertiary/aromatic N) is 2. The molecule has 0 saturated carbocycles. The van der Waals surface area contributed by atoms with Crippen molar-refractivity contribution in [3.8, 4) is 5.75 Å². The number of ether oxygens (including phenoxy) is 1. The molecular weight excluding hydrogens is 230 g/mol. The molecule has 0 aromatic carbocycles. The van der Waals surface area contributed by atoms with Gasteiger partial charge in [-0.2, -0.15) is 0 Å². The molecule has 3 aromatic rings. The highest BCUT2D eigenvalue weighted by atomic mass is 16.5. The number of aromatic amines is 1. The largest absolute Gasteiger partial charge is 0.870 e. The Bertz CT molecular complexity index is 622. The van der Waals surface area contributed by atoms with Crippen LogP contribution in [0.15, 0.2) is 55.2 Å². The van der Waals surface area contributed by atoms with Gasteiger partial charge >= 0.3 is 0 Å². The molecule has 3 aromatic heterocycles. The first-order valence-electron chi connectivity index (χ1n) is 5.42. The van der Waals surface area contributed by atoms with Gasteiger partial charge in [-0.15, -0.1) is 0 Å². The van der Waals surface area contributed by atoms with Crippen molar-refractivity contribution in [1.29, 1.82) is 0 Å². The van der Waals surface area contributed by atoms with Crippen LogP contribution in [0.3, 0.4) is 0 Å². The number of nitrogens with one attached hydrogen (secondary N) is 1. The normalized spacial score (nSPS) is 10.0. The average Bonchev–Trinajstić information content (AvgIpc) is 2.85. The Morgan fingerprint density at radius 1 is 1.17 bits per heavy atom. The first kappa shape index (κ1) is 12.1. The summed E-state index contributed by atoms with van der Waals surface area (Å²) in [4.78, 5) is 7.16. The van der Waals surface area contributed by atoms with Crippen molar-refractivity contribution >= 4 is 5.65 Å². The first-order valence-corrected chi connectivity index (χ1v) is 5.42. The molecule has 5 heteroatoms. The Morgan fingerprint density at radius 2 is 2.00 bits per heavy atom.